The van der Waals surface area contributed by atoms with Gasteiger partial charge in [-0.1, -0.05) is 42.8 Å². The van der Waals surface area contributed by atoms with Gasteiger partial charge in [0.2, 0.25) is 0 Å². The predicted molar refractivity (Wildman–Crippen MR) is 110 cm³/mol. The maximum absolute atomic E-state index is 12.5. The maximum Gasteiger partial charge on any atom is 0.303 e. The first-order valence-corrected chi connectivity index (χ1v) is 9.19. The van der Waals surface area contributed by atoms with Gasteiger partial charge in [0.1, 0.15) is 6.34 Å². The van der Waals surface area contributed by atoms with Crippen molar-refractivity contribution in [2.24, 2.45) is 10.8 Å². The normalized spacial score (nSPS) is 12.0. The fourth-order valence-corrected chi connectivity index (χ4v) is 2.98. The van der Waals surface area contributed by atoms with Crippen molar-refractivity contribution in [3.8, 4) is 0 Å². The van der Waals surface area contributed by atoms with Crippen molar-refractivity contribution >= 4 is 35.5 Å². The Morgan fingerprint density at radius 3 is 2.75 bits per heavy atom. The van der Waals surface area contributed by atoms with Gasteiger partial charge in [0.15, 0.2) is 0 Å². The van der Waals surface area contributed by atoms with Crippen LogP contribution in [-0.4, -0.2) is 23.3 Å². The van der Waals surface area contributed by atoms with E-state index in [4.69, 9.17) is 22.6 Å². The van der Waals surface area contributed by atoms with Gasteiger partial charge in [-0.05, 0) is 41.7 Å². The summed E-state index contributed by atoms with van der Waals surface area (Å²) in [6, 6.07) is 12.4. The van der Waals surface area contributed by atoms with Crippen molar-refractivity contribution in [2.45, 2.75) is 32.2 Å². The van der Waals surface area contributed by atoms with Crippen molar-refractivity contribution in [3.63, 3.8) is 0 Å². The van der Waals surface area contributed by atoms with E-state index in [-0.39, 0.29) is 18.2 Å². The molecule has 28 heavy (non-hydrogen) atoms. The molecule has 2 aromatic carbocycles. The first-order chi connectivity index (χ1) is 13.4. The van der Waals surface area contributed by atoms with Gasteiger partial charge in [-0.15, -0.1) is 0 Å². The third kappa shape index (κ3) is 6.07. The number of amides is 1. The summed E-state index contributed by atoms with van der Waals surface area (Å²) in [5.74, 6) is 4.01. The van der Waals surface area contributed by atoms with E-state index < -0.39 is 5.97 Å². The molecule has 0 aliphatic rings. The molecule has 0 saturated carbocycles. The van der Waals surface area contributed by atoms with Crippen LogP contribution >= 0.6 is 11.6 Å². The summed E-state index contributed by atoms with van der Waals surface area (Å²) in [6.07, 6.45) is 2.08. The molecule has 0 radical (unpaired) electrons. The summed E-state index contributed by atoms with van der Waals surface area (Å²) in [4.78, 5) is 27.5. The molecule has 0 spiro atoms. The number of rotatable bonds is 9. The Labute approximate surface area is 168 Å². The Bertz CT molecular complexity index is 870. The van der Waals surface area contributed by atoms with Crippen LogP contribution in [0.4, 0.5) is 5.69 Å². The lowest BCUT2D eigenvalue weighted by molar-refractivity contribution is -0.137. The lowest BCUT2D eigenvalue weighted by Crippen LogP contribution is -2.23. The fourth-order valence-electron chi connectivity index (χ4n) is 2.81. The number of aliphatic imine (C=N–C) groups is 1. The summed E-state index contributed by atoms with van der Waals surface area (Å²) in [7, 11) is 0. The third-order valence-electron chi connectivity index (χ3n) is 4.28. The van der Waals surface area contributed by atoms with Crippen molar-refractivity contribution in [2.75, 3.05) is 0 Å². The van der Waals surface area contributed by atoms with Crippen LogP contribution in [-0.2, 0) is 11.3 Å². The molecule has 0 aliphatic heterocycles. The zero-order valence-corrected chi connectivity index (χ0v) is 16.2. The zero-order valence-electron chi connectivity index (χ0n) is 15.5. The van der Waals surface area contributed by atoms with E-state index in [0.717, 1.165) is 17.5 Å². The van der Waals surface area contributed by atoms with Gasteiger partial charge in [-0.2, -0.15) is 0 Å². The Morgan fingerprint density at radius 1 is 1.29 bits per heavy atom. The average molecular weight is 403 g/mol. The second kappa shape index (κ2) is 10.4. The summed E-state index contributed by atoms with van der Waals surface area (Å²) >= 11 is 6.05. The Hall–Kier alpha value is -2.90. The summed E-state index contributed by atoms with van der Waals surface area (Å²) in [5, 5.41) is 12.3. The first-order valence-electron chi connectivity index (χ1n) is 8.81. The summed E-state index contributed by atoms with van der Waals surface area (Å²) < 4.78 is 0. The minimum Gasteiger partial charge on any atom is -0.481 e. The Morgan fingerprint density at radius 2 is 2.07 bits per heavy atom. The lowest BCUT2D eigenvalue weighted by Gasteiger charge is -2.14. The van der Waals surface area contributed by atoms with Crippen LogP contribution in [0.1, 0.15) is 47.2 Å². The molecule has 0 aromatic heterocycles. The smallest absolute Gasteiger partial charge is 0.303 e. The highest BCUT2D eigenvalue weighted by molar-refractivity contribution is 6.33. The molecule has 0 bridgehead atoms. The molecule has 0 saturated heterocycles. The number of hydrogen-bond acceptors (Lipinski definition) is 4. The topological polar surface area (TPSA) is 117 Å². The number of carboxylic acids is 1. The number of benzene rings is 2. The first kappa shape index (κ1) is 21.4. The van der Waals surface area contributed by atoms with Gasteiger partial charge in [0.05, 0.1) is 17.1 Å². The van der Waals surface area contributed by atoms with Crippen LogP contribution in [0.3, 0.4) is 0 Å². The highest BCUT2D eigenvalue weighted by Crippen LogP contribution is 2.26. The molecule has 0 fully saturated rings. The van der Waals surface area contributed by atoms with Crippen LogP contribution in [0.2, 0.25) is 5.02 Å². The zero-order chi connectivity index (χ0) is 20.5. The third-order valence-corrected chi connectivity index (χ3v) is 4.60. The van der Waals surface area contributed by atoms with Crippen molar-refractivity contribution in [1.82, 2.24) is 10.7 Å². The number of carboxylic acid groups (broad SMARTS) is 1. The van der Waals surface area contributed by atoms with E-state index in [1.54, 1.807) is 18.2 Å². The van der Waals surface area contributed by atoms with Crippen LogP contribution in [0.15, 0.2) is 47.5 Å². The molecule has 0 heterocycles. The second-order valence-electron chi connectivity index (χ2n) is 6.22. The predicted octanol–water partition coefficient (Wildman–Crippen LogP) is 3.36. The second-order valence-corrected chi connectivity index (χ2v) is 6.63. The van der Waals surface area contributed by atoms with Crippen molar-refractivity contribution in [3.05, 3.63) is 64.2 Å². The number of carbonyl (C=O) groups is 2. The van der Waals surface area contributed by atoms with Crippen LogP contribution < -0.4 is 16.6 Å². The number of aliphatic carboxylic acids is 1. The van der Waals surface area contributed by atoms with Crippen molar-refractivity contribution < 1.29 is 14.7 Å². The van der Waals surface area contributed by atoms with Gasteiger partial charge in [-0.25, -0.2) is 10.8 Å². The van der Waals surface area contributed by atoms with Gasteiger partial charge in [-0.3, -0.25) is 9.59 Å². The van der Waals surface area contributed by atoms with E-state index in [2.05, 4.69) is 15.7 Å². The molecule has 1 amide bonds. The average Bonchev–Trinajstić information content (AvgIpc) is 2.69. The molecule has 1 unspecified atom stereocenters. The molecule has 1 atom stereocenters. The van der Waals surface area contributed by atoms with Crippen LogP contribution in [0, 0.1) is 0 Å². The van der Waals surface area contributed by atoms with E-state index >= 15 is 0 Å². The highest BCUT2D eigenvalue weighted by Gasteiger charge is 2.14. The monoisotopic (exact) mass is 402 g/mol. The van der Waals surface area contributed by atoms with E-state index in [1.165, 1.54) is 6.34 Å². The number of nitrogens with two attached hydrogens (primary N) is 1. The van der Waals surface area contributed by atoms with E-state index in [9.17, 15) is 9.59 Å². The van der Waals surface area contributed by atoms with Crippen molar-refractivity contribution in [1.29, 1.82) is 0 Å². The molecule has 2 aromatic rings. The SMILES string of the molecule is CCC(CC(=O)O)c1cccc(CNC(=O)c2ccc(Cl)c(N=CNN)c2)c1. The molecule has 7 nitrogen and oxygen atoms in total. The molecular weight excluding hydrogens is 380 g/mol. The number of carbonyl (C=O) groups excluding carboxylic acids is 1. The van der Waals surface area contributed by atoms with E-state index in [0.29, 0.717) is 22.8 Å². The van der Waals surface area contributed by atoms with E-state index in [1.807, 2.05) is 31.2 Å². The number of nitrogens with zero attached hydrogens (tertiary/aromatic N) is 1. The van der Waals surface area contributed by atoms with Gasteiger partial charge >= 0.3 is 5.97 Å². The number of halogens is 1. The van der Waals surface area contributed by atoms with Gasteiger partial charge in [0, 0.05) is 12.1 Å². The number of nitrogens with one attached hydrogen (secondary N) is 2. The molecule has 8 heteroatoms. The highest BCUT2D eigenvalue weighted by atomic mass is 35.5. The molecule has 0 aliphatic carbocycles. The maximum atomic E-state index is 12.5. The number of hydrazine groups is 1. The van der Waals surface area contributed by atoms with Crippen LogP contribution in [0.25, 0.3) is 0 Å². The minimum atomic E-state index is -0.823. The minimum absolute atomic E-state index is 0.0546. The molecular formula is C20H23ClN4O3. The summed E-state index contributed by atoms with van der Waals surface area (Å²) in [5.41, 5.74) is 4.98. The van der Waals surface area contributed by atoms with Crippen LogP contribution in [0.5, 0.6) is 0 Å². The molecule has 148 valence electrons. The lowest BCUT2D eigenvalue weighted by atomic mass is 9.92. The summed E-state index contributed by atoms with van der Waals surface area (Å²) in [6.45, 7) is 2.28. The standard InChI is InChI=1S/C20H23ClN4O3/c1-2-14(10-19(26)27)15-5-3-4-13(8-15)11-23-20(28)16-6-7-17(21)18(9-16)24-12-25-22/h3-9,12,14H,2,10-11,22H2,1H3,(H,23,28)(H,24,25)(H,26,27). The molecule has 5 N–H and O–H groups in total. The number of hydrogen-bond donors (Lipinski definition) is 4. The molecule has 2 rings (SSSR count). The fraction of sp³-hybridized carbons (Fsp3) is 0.250. The Kier molecular flexibility index (Phi) is 7.98. The van der Waals surface area contributed by atoms with Gasteiger partial charge in [0.25, 0.3) is 5.91 Å². The quantitative estimate of drug-likeness (QED) is 0.222. The largest absolute Gasteiger partial charge is 0.481 e. The Balaban J connectivity index is 2.08. The van der Waals surface area contributed by atoms with Gasteiger partial charge < -0.3 is 15.8 Å².